The molecule has 0 N–H and O–H groups in total. The molecular weight excluding hydrogens is 168 g/mol. The lowest BCUT2D eigenvalue weighted by atomic mass is 10.7. The van der Waals surface area contributed by atoms with E-state index in [9.17, 15) is 13.2 Å². The van der Waals surface area contributed by atoms with Gasteiger partial charge < -0.3 is 9.80 Å². The van der Waals surface area contributed by atoms with Gasteiger partial charge in [-0.15, -0.1) is 0 Å². The lowest BCUT2D eigenvalue weighted by molar-refractivity contribution is 0.180. The number of rotatable bonds is 0. The zero-order valence-electron chi connectivity index (χ0n) is 6.44. The van der Waals surface area contributed by atoms with Crippen LogP contribution in [-0.4, -0.2) is 50.1 Å². The summed E-state index contributed by atoms with van der Waals surface area (Å²) >= 11 is 0. The van der Waals surface area contributed by atoms with E-state index < -0.39 is 9.84 Å². The molecule has 2 amide bonds. The standard InChI is InChI=1S/C5H10N2O3S/c1-6-3-11(9,10)4-7(2)5(6)8/h3-4H2,1-2H3. The molecule has 0 spiro atoms. The second kappa shape index (κ2) is 2.37. The highest BCUT2D eigenvalue weighted by Crippen LogP contribution is 2.07. The Balaban J connectivity index is 2.87. The van der Waals surface area contributed by atoms with Crippen LogP contribution in [0.2, 0.25) is 0 Å². The Bertz CT molecular complexity index is 251. The fraction of sp³-hybridized carbons (Fsp3) is 0.800. The molecule has 0 aromatic rings. The maximum atomic E-state index is 11.0. The van der Waals surface area contributed by atoms with Gasteiger partial charge in [0.1, 0.15) is 11.8 Å². The van der Waals surface area contributed by atoms with Gasteiger partial charge in [0.25, 0.3) is 0 Å². The molecule has 1 heterocycles. The Labute approximate surface area is 65.5 Å². The van der Waals surface area contributed by atoms with E-state index >= 15 is 0 Å². The lowest BCUT2D eigenvalue weighted by Crippen LogP contribution is -2.49. The molecular formula is C5H10N2O3S. The van der Waals surface area contributed by atoms with Crippen LogP contribution in [0.4, 0.5) is 4.79 Å². The molecule has 5 nitrogen and oxygen atoms in total. The van der Waals surface area contributed by atoms with E-state index in [1.54, 1.807) is 0 Å². The molecule has 0 aliphatic carbocycles. The van der Waals surface area contributed by atoms with Gasteiger partial charge in [-0.05, 0) is 0 Å². The number of sulfone groups is 1. The molecule has 1 rings (SSSR count). The summed E-state index contributed by atoms with van der Waals surface area (Å²) in [6.45, 7) is 0. The highest BCUT2D eigenvalue weighted by Gasteiger charge is 2.29. The largest absolute Gasteiger partial charge is 0.321 e. The first-order valence-electron chi connectivity index (χ1n) is 3.09. The molecule has 0 atom stereocenters. The number of hydrogen-bond donors (Lipinski definition) is 0. The molecule has 0 saturated carbocycles. The van der Waals surface area contributed by atoms with Crippen LogP contribution in [-0.2, 0) is 9.84 Å². The van der Waals surface area contributed by atoms with Gasteiger partial charge in [0, 0.05) is 14.1 Å². The number of carbonyl (C=O) groups is 1. The van der Waals surface area contributed by atoms with Crippen molar-refractivity contribution in [1.29, 1.82) is 0 Å². The summed E-state index contributed by atoms with van der Waals surface area (Å²) in [4.78, 5) is 13.4. The molecule has 6 heteroatoms. The van der Waals surface area contributed by atoms with Gasteiger partial charge >= 0.3 is 6.03 Å². The van der Waals surface area contributed by atoms with Gasteiger partial charge in [-0.2, -0.15) is 0 Å². The normalized spacial score (nSPS) is 24.0. The van der Waals surface area contributed by atoms with Crippen molar-refractivity contribution in [2.45, 2.75) is 0 Å². The van der Waals surface area contributed by atoms with E-state index in [2.05, 4.69) is 0 Å². The molecule has 11 heavy (non-hydrogen) atoms. The summed E-state index contributed by atoms with van der Waals surface area (Å²) in [6, 6.07) is -0.250. The maximum absolute atomic E-state index is 11.0. The minimum atomic E-state index is -3.08. The van der Waals surface area contributed by atoms with Crippen molar-refractivity contribution in [3.8, 4) is 0 Å². The van der Waals surface area contributed by atoms with E-state index in [0.717, 1.165) is 0 Å². The first kappa shape index (κ1) is 8.32. The highest BCUT2D eigenvalue weighted by molar-refractivity contribution is 7.91. The van der Waals surface area contributed by atoms with Gasteiger partial charge in [0.2, 0.25) is 0 Å². The molecule has 0 aromatic carbocycles. The van der Waals surface area contributed by atoms with Crippen LogP contribution in [0.3, 0.4) is 0 Å². The van der Waals surface area contributed by atoms with Gasteiger partial charge in [0.05, 0.1) is 0 Å². The Hall–Kier alpha value is -0.780. The van der Waals surface area contributed by atoms with Crippen LogP contribution in [0.1, 0.15) is 0 Å². The summed E-state index contributed by atoms with van der Waals surface area (Å²) < 4.78 is 22.0. The average Bonchev–Trinajstić information content (AvgIpc) is 1.81. The van der Waals surface area contributed by atoms with E-state index in [-0.39, 0.29) is 17.8 Å². The van der Waals surface area contributed by atoms with E-state index in [1.807, 2.05) is 0 Å². The highest BCUT2D eigenvalue weighted by atomic mass is 32.2. The number of amides is 2. The minimum absolute atomic E-state index is 0.170. The minimum Gasteiger partial charge on any atom is -0.313 e. The fourth-order valence-electron chi connectivity index (χ4n) is 1.03. The number of carbonyl (C=O) groups excluding carboxylic acids is 1. The third-order valence-electron chi connectivity index (χ3n) is 1.43. The topological polar surface area (TPSA) is 57.7 Å². The van der Waals surface area contributed by atoms with Gasteiger partial charge in [-0.3, -0.25) is 0 Å². The van der Waals surface area contributed by atoms with Crippen LogP contribution in [0.25, 0.3) is 0 Å². The van der Waals surface area contributed by atoms with E-state index in [1.165, 1.54) is 23.9 Å². The van der Waals surface area contributed by atoms with Crippen molar-refractivity contribution in [2.75, 3.05) is 25.8 Å². The smallest absolute Gasteiger partial charge is 0.313 e. The SMILES string of the molecule is CN1CS(=O)(=O)CN(C)C1=O. The maximum Gasteiger partial charge on any atom is 0.321 e. The third kappa shape index (κ3) is 1.62. The average molecular weight is 178 g/mol. The van der Waals surface area contributed by atoms with Crippen molar-refractivity contribution in [3.05, 3.63) is 0 Å². The Morgan fingerprint density at radius 3 is 1.91 bits per heavy atom. The van der Waals surface area contributed by atoms with Crippen molar-refractivity contribution in [3.63, 3.8) is 0 Å². The molecule has 1 saturated heterocycles. The predicted molar refractivity (Wildman–Crippen MR) is 39.6 cm³/mol. The molecule has 1 aliphatic heterocycles. The lowest BCUT2D eigenvalue weighted by Gasteiger charge is -2.29. The first-order valence-corrected chi connectivity index (χ1v) is 4.91. The van der Waals surface area contributed by atoms with E-state index in [0.29, 0.717) is 0 Å². The van der Waals surface area contributed by atoms with Crippen LogP contribution in [0, 0.1) is 0 Å². The quantitative estimate of drug-likeness (QED) is 0.493. The molecule has 0 unspecified atom stereocenters. The van der Waals surface area contributed by atoms with E-state index in [4.69, 9.17) is 0 Å². The molecule has 0 aromatic heterocycles. The monoisotopic (exact) mass is 178 g/mol. The van der Waals surface area contributed by atoms with Crippen LogP contribution in [0.15, 0.2) is 0 Å². The molecule has 0 bridgehead atoms. The molecule has 64 valence electrons. The van der Waals surface area contributed by atoms with Gasteiger partial charge in [-0.1, -0.05) is 0 Å². The summed E-state index contributed by atoms with van der Waals surface area (Å²) in [5.74, 6) is -0.341. The van der Waals surface area contributed by atoms with Crippen molar-refractivity contribution in [1.82, 2.24) is 9.80 Å². The van der Waals surface area contributed by atoms with Gasteiger partial charge in [0.15, 0.2) is 9.84 Å². The molecule has 1 fully saturated rings. The Morgan fingerprint density at radius 1 is 1.18 bits per heavy atom. The third-order valence-corrected chi connectivity index (χ3v) is 3.00. The number of nitrogens with zero attached hydrogens (tertiary/aromatic N) is 2. The summed E-state index contributed by atoms with van der Waals surface area (Å²) in [5.41, 5.74) is 0. The summed E-state index contributed by atoms with van der Waals surface area (Å²) in [6.07, 6.45) is 0. The zero-order chi connectivity index (χ0) is 8.65. The van der Waals surface area contributed by atoms with Crippen LogP contribution < -0.4 is 0 Å². The van der Waals surface area contributed by atoms with Crippen LogP contribution >= 0.6 is 0 Å². The predicted octanol–water partition coefficient (Wildman–Crippen LogP) is -0.687. The van der Waals surface area contributed by atoms with Crippen LogP contribution in [0.5, 0.6) is 0 Å². The summed E-state index contributed by atoms with van der Waals surface area (Å²) in [5, 5.41) is 0. The zero-order valence-corrected chi connectivity index (χ0v) is 7.26. The number of urea groups is 1. The Morgan fingerprint density at radius 2 is 1.55 bits per heavy atom. The van der Waals surface area contributed by atoms with Crippen molar-refractivity contribution < 1.29 is 13.2 Å². The second-order valence-electron chi connectivity index (χ2n) is 2.68. The molecule has 0 radical (unpaired) electrons. The molecule has 1 aliphatic rings. The number of hydrogen-bond acceptors (Lipinski definition) is 3. The first-order chi connectivity index (χ1) is 4.92. The van der Waals surface area contributed by atoms with Gasteiger partial charge in [-0.25, -0.2) is 13.2 Å². The fourth-order valence-corrected chi connectivity index (χ4v) is 2.52. The Kier molecular flexibility index (Phi) is 1.79. The second-order valence-corrected chi connectivity index (χ2v) is 4.68. The van der Waals surface area contributed by atoms with Crippen molar-refractivity contribution >= 4 is 15.9 Å². The van der Waals surface area contributed by atoms with Crippen molar-refractivity contribution in [2.24, 2.45) is 0 Å². The summed E-state index contributed by atoms with van der Waals surface area (Å²) in [7, 11) is -0.147.